The number of thioether (sulfide) groups is 1. The van der Waals surface area contributed by atoms with Gasteiger partial charge in [0.1, 0.15) is 0 Å². The van der Waals surface area contributed by atoms with Gasteiger partial charge in [0.15, 0.2) is 0 Å². The highest BCUT2D eigenvalue weighted by Crippen LogP contribution is 2.39. The first-order valence-electron chi connectivity index (χ1n) is 11.1. The van der Waals surface area contributed by atoms with E-state index in [9.17, 15) is 4.79 Å². The number of nitrogens with one attached hydrogen (secondary N) is 2. The van der Waals surface area contributed by atoms with Crippen LogP contribution in [0.4, 0.5) is 0 Å². The van der Waals surface area contributed by atoms with Gasteiger partial charge in [-0.15, -0.1) is 11.8 Å². The van der Waals surface area contributed by atoms with Gasteiger partial charge in [0.2, 0.25) is 5.91 Å². The number of hydrogen-bond donors (Lipinski definition) is 2. The van der Waals surface area contributed by atoms with Crippen molar-refractivity contribution >= 4 is 29.0 Å². The van der Waals surface area contributed by atoms with E-state index >= 15 is 0 Å². The average molecular weight is 471 g/mol. The van der Waals surface area contributed by atoms with Gasteiger partial charge in [0.25, 0.3) is 0 Å². The first-order chi connectivity index (χ1) is 16.3. The van der Waals surface area contributed by atoms with Crippen molar-refractivity contribution in [2.75, 3.05) is 12.3 Å². The molecular weight excluding hydrogens is 444 g/mol. The van der Waals surface area contributed by atoms with Crippen molar-refractivity contribution in [1.29, 1.82) is 0 Å². The third-order valence-corrected chi connectivity index (χ3v) is 8.24. The molecule has 3 aromatic carbocycles. The highest BCUT2D eigenvalue weighted by atomic mass is 32.2. The lowest BCUT2D eigenvalue weighted by molar-refractivity contribution is -0.122. The van der Waals surface area contributed by atoms with Crippen LogP contribution in [0, 0.1) is 0 Å². The molecule has 166 valence electrons. The molecule has 5 heteroatoms. The second kappa shape index (κ2) is 9.96. The lowest BCUT2D eigenvalue weighted by Gasteiger charge is -2.39. The molecule has 0 saturated carbocycles. The van der Waals surface area contributed by atoms with Gasteiger partial charge in [-0.3, -0.25) is 10.1 Å². The van der Waals surface area contributed by atoms with Crippen molar-refractivity contribution in [3.8, 4) is 0 Å². The Hall–Kier alpha value is -2.86. The summed E-state index contributed by atoms with van der Waals surface area (Å²) in [6.07, 6.45) is 0. The van der Waals surface area contributed by atoms with Crippen molar-refractivity contribution in [3.05, 3.63) is 130 Å². The molecule has 0 radical (unpaired) electrons. The van der Waals surface area contributed by atoms with Crippen molar-refractivity contribution in [2.24, 2.45) is 0 Å². The number of thiophene rings is 1. The highest BCUT2D eigenvalue weighted by Gasteiger charge is 2.40. The Kier molecular flexibility index (Phi) is 6.63. The topological polar surface area (TPSA) is 41.1 Å². The highest BCUT2D eigenvalue weighted by molar-refractivity contribution is 7.99. The van der Waals surface area contributed by atoms with Crippen LogP contribution in [0.5, 0.6) is 0 Å². The van der Waals surface area contributed by atoms with Crippen molar-refractivity contribution in [1.82, 2.24) is 10.6 Å². The molecule has 1 aliphatic heterocycles. The van der Waals surface area contributed by atoms with E-state index in [2.05, 4.69) is 100 Å². The fourth-order valence-electron chi connectivity index (χ4n) is 4.52. The molecule has 1 aromatic heterocycles. The van der Waals surface area contributed by atoms with Crippen LogP contribution in [0.25, 0.3) is 0 Å². The van der Waals surface area contributed by atoms with Crippen LogP contribution in [0.1, 0.15) is 27.5 Å². The van der Waals surface area contributed by atoms with Crippen LogP contribution in [0.2, 0.25) is 0 Å². The van der Waals surface area contributed by atoms with Crippen molar-refractivity contribution in [2.45, 2.75) is 16.8 Å². The summed E-state index contributed by atoms with van der Waals surface area (Å²) >= 11 is 3.54. The van der Waals surface area contributed by atoms with Gasteiger partial charge in [-0.1, -0.05) is 91.0 Å². The Morgan fingerprint density at radius 3 is 1.82 bits per heavy atom. The standard InChI is InChI=1S/C28H26N2OS2/c31-27-25(20-33-26(18-29-27)21-16-17-32-19-21)30-28(22-10-4-1-5-11-22,23-12-6-2-7-13-23)24-14-8-3-9-15-24/h1-17,19,25-26,30H,18,20H2,(H,29,31)/t25-,26+/m0/s1. The summed E-state index contributed by atoms with van der Waals surface area (Å²) in [5.74, 6) is 0.744. The summed E-state index contributed by atoms with van der Waals surface area (Å²) in [4.78, 5) is 13.3. The summed E-state index contributed by atoms with van der Waals surface area (Å²) in [7, 11) is 0. The number of carbonyl (C=O) groups is 1. The molecule has 2 heterocycles. The van der Waals surface area contributed by atoms with Gasteiger partial charge in [-0.2, -0.15) is 11.3 Å². The predicted octanol–water partition coefficient (Wildman–Crippen LogP) is 5.60. The van der Waals surface area contributed by atoms with Crippen LogP contribution in [-0.2, 0) is 10.3 Å². The summed E-state index contributed by atoms with van der Waals surface area (Å²) in [6.45, 7) is 0.646. The van der Waals surface area contributed by atoms with E-state index in [-0.39, 0.29) is 17.2 Å². The lowest BCUT2D eigenvalue weighted by Crippen LogP contribution is -2.55. The van der Waals surface area contributed by atoms with E-state index in [4.69, 9.17) is 0 Å². The van der Waals surface area contributed by atoms with Gasteiger partial charge < -0.3 is 5.32 Å². The number of rotatable bonds is 6. The zero-order valence-corrected chi connectivity index (χ0v) is 19.8. The zero-order valence-electron chi connectivity index (χ0n) is 18.2. The molecule has 1 aliphatic rings. The molecule has 0 bridgehead atoms. The molecule has 2 atom stereocenters. The molecule has 4 aromatic rings. The quantitative estimate of drug-likeness (QED) is 0.360. The third kappa shape index (κ3) is 4.49. The number of benzene rings is 3. The number of carbonyl (C=O) groups excluding carboxylic acids is 1. The fourth-order valence-corrected chi connectivity index (χ4v) is 6.52. The zero-order chi connectivity index (χ0) is 22.5. The van der Waals surface area contributed by atoms with Crippen molar-refractivity contribution in [3.63, 3.8) is 0 Å². The fraction of sp³-hybridized carbons (Fsp3) is 0.179. The molecular formula is C28H26N2OS2. The Labute approximate surface area is 203 Å². The summed E-state index contributed by atoms with van der Waals surface area (Å²) in [6, 6.07) is 33.1. The summed E-state index contributed by atoms with van der Waals surface area (Å²) in [5, 5.41) is 11.6. The Balaban J connectivity index is 1.58. The number of amides is 1. The van der Waals surface area contributed by atoms with Crippen LogP contribution < -0.4 is 10.6 Å². The second-order valence-electron chi connectivity index (χ2n) is 8.17. The summed E-state index contributed by atoms with van der Waals surface area (Å²) in [5.41, 5.74) is 3.96. The molecule has 5 rings (SSSR count). The minimum absolute atomic E-state index is 0.0485. The third-order valence-electron chi connectivity index (χ3n) is 6.17. The SMILES string of the molecule is O=C1NC[C@H](c2ccsc2)SC[C@@H]1NC(c1ccccc1)(c1ccccc1)c1ccccc1. The molecule has 0 aliphatic carbocycles. The molecule has 3 nitrogen and oxygen atoms in total. The Morgan fingerprint density at radius 1 is 0.788 bits per heavy atom. The molecule has 1 fully saturated rings. The molecule has 33 heavy (non-hydrogen) atoms. The number of hydrogen-bond acceptors (Lipinski definition) is 4. The van der Waals surface area contributed by atoms with Gasteiger partial charge >= 0.3 is 0 Å². The predicted molar refractivity (Wildman–Crippen MR) is 139 cm³/mol. The Morgan fingerprint density at radius 2 is 1.33 bits per heavy atom. The largest absolute Gasteiger partial charge is 0.353 e. The van der Waals surface area contributed by atoms with Crippen LogP contribution in [-0.4, -0.2) is 24.2 Å². The monoisotopic (exact) mass is 470 g/mol. The average Bonchev–Trinajstić information content (AvgIpc) is 3.36. The normalized spacial score (nSPS) is 19.0. The van der Waals surface area contributed by atoms with Crippen LogP contribution >= 0.6 is 23.1 Å². The van der Waals surface area contributed by atoms with Gasteiger partial charge in [-0.25, -0.2) is 0 Å². The molecule has 0 unspecified atom stereocenters. The minimum atomic E-state index is -0.658. The van der Waals surface area contributed by atoms with E-state index in [1.807, 2.05) is 30.0 Å². The molecule has 0 spiro atoms. The lowest BCUT2D eigenvalue weighted by atomic mass is 9.76. The van der Waals surface area contributed by atoms with Gasteiger partial charge in [0.05, 0.1) is 11.6 Å². The maximum absolute atomic E-state index is 13.3. The van der Waals surface area contributed by atoms with Crippen molar-refractivity contribution < 1.29 is 4.79 Å². The maximum atomic E-state index is 13.3. The smallest absolute Gasteiger partial charge is 0.238 e. The van der Waals surface area contributed by atoms with Gasteiger partial charge in [-0.05, 0) is 39.1 Å². The van der Waals surface area contributed by atoms with E-state index in [0.29, 0.717) is 12.3 Å². The van der Waals surface area contributed by atoms with E-state index in [0.717, 1.165) is 16.7 Å². The van der Waals surface area contributed by atoms with E-state index in [1.54, 1.807) is 11.3 Å². The van der Waals surface area contributed by atoms with E-state index in [1.165, 1.54) is 5.56 Å². The molecule has 2 N–H and O–H groups in total. The Bertz CT molecular complexity index is 1070. The van der Waals surface area contributed by atoms with Gasteiger partial charge in [0, 0.05) is 17.5 Å². The first-order valence-corrected chi connectivity index (χ1v) is 13.1. The summed E-state index contributed by atoms with van der Waals surface area (Å²) < 4.78 is 0. The maximum Gasteiger partial charge on any atom is 0.238 e. The molecule has 1 saturated heterocycles. The minimum Gasteiger partial charge on any atom is -0.353 e. The van der Waals surface area contributed by atoms with Crippen LogP contribution in [0.3, 0.4) is 0 Å². The molecule has 1 amide bonds. The second-order valence-corrected chi connectivity index (χ2v) is 10.2. The van der Waals surface area contributed by atoms with E-state index < -0.39 is 5.54 Å². The van der Waals surface area contributed by atoms with Crippen LogP contribution in [0.15, 0.2) is 108 Å². The first kappa shape index (κ1) is 22.0.